The Labute approximate surface area is 318 Å². The van der Waals surface area contributed by atoms with E-state index in [1.807, 2.05) is 6.08 Å². The first-order valence-electron chi connectivity index (χ1n) is 20.5. The highest BCUT2D eigenvalue weighted by Gasteiger charge is 2.24. The van der Waals surface area contributed by atoms with E-state index in [0.29, 0.717) is 6.42 Å². The molecule has 52 heavy (non-hydrogen) atoms. The minimum Gasteiger partial charge on any atom is -0.492 e. The zero-order chi connectivity index (χ0) is 38.1. The van der Waals surface area contributed by atoms with Crippen molar-refractivity contribution in [2.45, 2.75) is 168 Å². The lowest BCUT2D eigenvalue weighted by Gasteiger charge is -2.19. The molecule has 0 aromatic carbocycles. The van der Waals surface area contributed by atoms with Crippen LogP contribution in [0.15, 0.2) is 73.1 Å². The molecule has 1 unspecified atom stereocenters. The molecular weight excluding hydrogens is 673 g/mol. The van der Waals surface area contributed by atoms with Crippen LogP contribution in [0.2, 0.25) is 0 Å². The summed E-state index contributed by atoms with van der Waals surface area (Å²) in [5, 5.41) is 0. The van der Waals surface area contributed by atoms with Crippen LogP contribution >= 0.6 is 7.82 Å². The van der Waals surface area contributed by atoms with Crippen LogP contribution in [0.25, 0.3) is 0 Å². The van der Waals surface area contributed by atoms with Gasteiger partial charge in [0.1, 0.15) is 6.61 Å². The molecule has 9 heteroatoms. The monoisotopic (exact) mass is 750 g/mol. The highest BCUT2D eigenvalue weighted by Crippen LogP contribution is 2.43. The first-order chi connectivity index (χ1) is 25.4. The van der Waals surface area contributed by atoms with E-state index >= 15 is 0 Å². The Morgan fingerprint density at radius 2 is 1.04 bits per heavy atom. The molecule has 0 saturated heterocycles. The van der Waals surface area contributed by atoms with Gasteiger partial charge in [-0.05, 0) is 89.5 Å². The van der Waals surface area contributed by atoms with Crippen molar-refractivity contribution in [2.24, 2.45) is 5.73 Å². The summed E-state index contributed by atoms with van der Waals surface area (Å²) in [5.41, 5.74) is 5.35. The number of rotatable bonds is 38. The topological polar surface area (TPSA) is 117 Å². The number of esters is 1. The molecule has 0 bridgehead atoms. The molecule has 0 aliphatic rings. The second-order valence-corrected chi connectivity index (χ2v) is 14.7. The van der Waals surface area contributed by atoms with Crippen molar-refractivity contribution in [1.29, 1.82) is 0 Å². The molecule has 8 nitrogen and oxygen atoms in total. The standard InChI is InChI=1S/C43H76NO7P/c1-3-5-7-9-11-13-15-17-19-21-22-24-26-28-30-32-34-36-43(45)49-40-42(41-51-52(46,47)50-39-37-44)48-38-35-33-31-29-27-25-23-20-18-16-14-12-10-8-6-4-2/h11,13-14,16-17,19,22,24,28,30,35,38,42H,3-10,12,15,18,20-21,23,25-27,29,31-34,36-37,39-41,44H2,1-2H3,(H,46,47)/t42-/m1/s1. The largest absolute Gasteiger partial charge is 0.492 e. The number of phosphoric acid groups is 1. The third-order valence-corrected chi connectivity index (χ3v) is 9.17. The summed E-state index contributed by atoms with van der Waals surface area (Å²) in [6, 6.07) is 0. The van der Waals surface area contributed by atoms with E-state index in [9.17, 15) is 14.3 Å². The van der Waals surface area contributed by atoms with Crippen LogP contribution in [0.4, 0.5) is 0 Å². The van der Waals surface area contributed by atoms with Crippen LogP contribution < -0.4 is 5.73 Å². The first kappa shape index (κ1) is 49.8. The Bertz CT molecular complexity index is 1020. The Kier molecular flexibility index (Phi) is 38.3. The summed E-state index contributed by atoms with van der Waals surface area (Å²) in [6.45, 7) is 4.09. The predicted molar refractivity (Wildman–Crippen MR) is 219 cm³/mol. The lowest BCUT2D eigenvalue weighted by molar-refractivity contribution is -0.147. The lowest BCUT2D eigenvalue weighted by Crippen LogP contribution is -2.25. The number of nitrogens with two attached hydrogens (primary N) is 1. The van der Waals surface area contributed by atoms with Gasteiger partial charge in [0, 0.05) is 13.0 Å². The molecule has 0 radical (unpaired) electrons. The van der Waals surface area contributed by atoms with Crippen LogP contribution in [-0.2, 0) is 27.9 Å². The maximum Gasteiger partial charge on any atom is 0.472 e. The van der Waals surface area contributed by atoms with Crippen molar-refractivity contribution in [1.82, 2.24) is 0 Å². The summed E-state index contributed by atoms with van der Waals surface area (Å²) in [7, 11) is -4.28. The Morgan fingerprint density at radius 1 is 0.596 bits per heavy atom. The van der Waals surface area contributed by atoms with Gasteiger partial charge in [0.05, 0.1) is 19.5 Å². The Hall–Kier alpha value is -2.22. The summed E-state index contributed by atoms with van der Waals surface area (Å²) in [5.74, 6) is -0.349. The molecular formula is C43H76NO7P. The van der Waals surface area contributed by atoms with Crippen LogP contribution in [0, 0.1) is 0 Å². The van der Waals surface area contributed by atoms with Crippen LogP contribution in [0.5, 0.6) is 0 Å². The Balaban J connectivity index is 4.24. The quantitative estimate of drug-likeness (QED) is 0.0211. The average molecular weight is 750 g/mol. The van der Waals surface area contributed by atoms with Gasteiger partial charge in [-0.1, -0.05) is 132 Å². The zero-order valence-electron chi connectivity index (χ0n) is 33.0. The van der Waals surface area contributed by atoms with Crippen molar-refractivity contribution < 1.29 is 32.8 Å². The van der Waals surface area contributed by atoms with Crippen molar-refractivity contribution in [3.05, 3.63) is 73.1 Å². The van der Waals surface area contributed by atoms with Gasteiger partial charge in [0.15, 0.2) is 6.10 Å². The first-order valence-corrected chi connectivity index (χ1v) is 22.0. The van der Waals surface area contributed by atoms with E-state index < -0.39 is 13.9 Å². The highest BCUT2D eigenvalue weighted by molar-refractivity contribution is 7.47. The molecule has 0 rings (SSSR count). The number of phosphoric ester groups is 1. The smallest absolute Gasteiger partial charge is 0.472 e. The predicted octanol–water partition coefficient (Wildman–Crippen LogP) is 12.3. The molecule has 0 saturated carbocycles. The lowest BCUT2D eigenvalue weighted by atomic mass is 10.1. The molecule has 0 spiro atoms. The second-order valence-electron chi connectivity index (χ2n) is 13.2. The summed E-state index contributed by atoms with van der Waals surface area (Å²) >= 11 is 0. The van der Waals surface area contributed by atoms with Crippen molar-refractivity contribution in [3.63, 3.8) is 0 Å². The van der Waals surface area contributed by atoms with E-state index in [2.05, 4.69) is 74.6 Å². The number of ether oxygens (including phenoxy) is 2. The van der Waals surface area contributed by atoms with Gasteiger partial charge in [-0.3, -0.25) is 13.8 Å². The molecule has 2 atom stereocenters. The fourth-order valence-electron chi connectivity index (χ4n) is 5.08. The minimum absolute atomic E-state index is 0.0891. The van der Waals surface area contributed by atoms with Crippen molar-refractivity contribution in [3.8, 4) is 0 Å². The fraction of sp³-hybridized carbons (Fsp3) is 0.698. The molecule has 0 fully saturated rings. The van der Waals surface area contributed by atoms with Gasteiger partial charge in [-0.15, -0.1) is 0 Å². The maximum atomic E-state index is 12.4. The molecule has 0 aliphatic carbocycles. The maximum absolute atomic E-state index is 12.4. The van der Waals surface area contributed by atoms with Gasteiger partial charge >= 0.3 is 13.8 Å². The molecule has 3 N–H and O–H groups in total. The summed E-state index contributed by atoms with van der Waals surface area (Å²) < 4.78 is 33.1. The van der Waals surface area contributed by atoms with Crippen LogP contribution in [-0.4, -0.2) is 43.3 Å². The van der Waals surface area contributed by atoms with Gasteiger partial charge in [-0.2, -0.15) is 0 Å². The van der Waals surface area contributed by atoms with Gasteiger partial charge in [-0.25, -0.2) is 4.57 Å². The Morgan fingerprint density at radius 3 is 1.60 bits per heavy atom. The van der Waals surface area contributed by atoms with E-state index in [4.69, 9.17) is 24.3 Å². The number of carbonyl (C=O) groups is 1. The highest BCUT2D eigenvalue weighted by atomic mass is 31.2. The molecule has 300 valence electrons. The minimum atomic E-state index is -4.28. The molecule has 0 heterocycles. The van der Waals surface area contributed by atoms with E-state index in [-0.39, 0.29) is 38.8 Å². The van der Waals surface area contributed by atoms with E-state index in [0.717, 1.165) is 44.9 Å². The second kappa shape index (κ2) is 40.0. The van der Waals surface area contributed by atoms with Crippen LogP contribution in [0.3, 0.4) is 0 Å². The molecule has 0 aliphatic heterocycles. The average Bonchev–Trinajstić information content (AvgIpc) is 3.14. The van der Waals surface area contributed by atoms with Gasteiger partial charge in [0.25, 0.3) is 0 Å². The fourth-order valence-corrected chi connectivity index (χ4v) is 5.85. The van der Waals surface area contributed by atoms with Gasteiger partial charge < -0.3 is 20.1 Å². The molecule has 0 aromatic heterocycles. The molecule has 0 aromatic rings. The molecule has 0 amide bonds. The van der Waals surface area contributed by atoms with Crippen LogP contribution in [0.1, 0.15) is 162 Å². The number of hydrogen-bond donors (Lipinski definition) is 2. The van der Waals surface area contributed by atoms with Crippen molar-refractivity contribution in [2.75, 3.05) is 26.4 Å². The van der Waals surface area contributed by atoms with Crippen molar-refractivity contribution >= 4 is 13.8 Å². The third-order valence-electron chi connectivity index (χ3n) is 8.19. The summed E-state index contributed by atoms with van der Waals surface area (Å²) in [6.07, 6.45) is 50.2. The normalized spacial score (nSPS) is 14.2. The van der Waals surface area contributed by atoms with E-state index in [1.165, 1.54) is 89.9 Å². The van der Waals surface area contributed by atoms with Gasteiger partial charge in [0.2, 0.25) is 0 Å². The number of carbonyl (C=O) groups excluding carboxylic acids is 1. The zero-order valence-corrected chi connectivity index (χ0v) is 33.9. The number of allylic oxidation sites excluding steroid dienone is 11. The number of unbranched alkanes of at least 4 members (excludes halogenated alkanes) is 15. The van der Waals surface area contributed by atoms with E-state index in [1.54, 1.807) is 6.26 Å². The number of hydrogen-bond acceptors (Lipinski definition) is 7. The SMILES string of the molecule is CCCCCC=CCC=CCC=CCC=CCCCC(=O)OC[C@H](COP(=O)(O)OCCN)OC=CCCCCCCCCC=CCCCCCC. The third kappa shape index (κ3) is 39.0. The summed E-state index contributed by atoms with van der Waals surface area (Å²) in [4.78, 5) is 22.2.